The fraction of sp³-hybridized carbons (Fsp3) is 0.267. The molecule has 0 saturated carbocycles. The van der Waals surface area contributed by atoms with E-state index in [4.69, 9.17) is 16.2 Å². The molecule has 0 aliphatic carbocycles. The van der Waals surface area contributed by atoms with Crippen molar-refractivity contribution < 1.29 is 4.74 Å². The van der Waals surface area contributed by atoms with Crippen molar-refractivity contribution in [2.75, 3.05) is 0 Å². The zero-order valence-electron chi connectivity index (χ0n) is 11.5. The average molecular weight is 259 g/mol. The first-order valence-corrected chi connectivity index (χ1v) is 6.29. The van der Waals surface area contributed by atoms with Gasteiger partial charge >= 0.3 is 0 Å². The van der Waals surface area contributed by atoms with Gasteiger partial charge in [-0.2, -0.15) is 0 Å². The lowest BCUT2D eigenvalue weighted by Crippen LogP contribution is -2.08. The lowest BCUT2D eigenvalue weighted by atomic mass is 10.2. The van der Waals surface area contributed by atoms with E-state index in [0.717, 1.165) is 12.0 Å². The van der Waals surface area contributed by atoms with Crippen LogP contribution in [0.5, 0.6) is 5.75 Å². The van der Waals surface area contributed by atoms with Crippen LogP contribution in [0, 0.1) is 0 Å². The van der Waals surface area contributed by atoms with Crippen LogP contribution in [0.2, 0.25) is 0 Å². The Hall–Kier alpha value is -2.07. The van der Waals surface area contributed by atoms with Crippen LogP contribution in [0.15, 0.2) is 53.3 Å². The summed E-state index contributed by atoms with van der Waals surface area (Å²) in [5.41, 5.74) is 12.9. The predicted molar refractivity (Wildman–Crippen MR) is 79.8 cm³/mol. The van der Waals surface area contributed by atoms with Crippen molar-refractivity contribution in [3.63, 3.8) is 0 Å². The number of aliphatic imine (C=N–C) groups is 1. The van der Waals surface area contributed by atoms with Gasteiger partial charge in [-0.25, -0.2) is 4.99 Å². The maximum atomic E-state index is 5.67. The topological polar surface area (TPSA) is 73.6 Å². The molecule has 1 aromatic carbocycles. The summed E-state index contributed by atoms with van der Waals surface area (Å²) >= 11 is 0. The lowest BCUT2D eigenvalue weighted by molar-refractivity contribution is 0.554. The number of hydrogen-bond donors (Lipinski definition) is 2. The molecule has 4 heteroatoms. The molecule has 0 aliphatic rings. The highest BCUT2D eigenvalue weighted by atomic mass is 16.5. The largest absolute Gasteiger partial charge is 0.439 e. The van der Waals surface area contributed by atoms with Crippen LogP contribution >= 0.6 is 0 Å². The maximum absolute atomic E-state index is 5.67. The standard InChI is InChI=1S/C15H21N3O/c1-3-4-9-18-15(10-12(2)17)19-14-7-5-13(11-16)6-8-14/h4-10H,3,11,16-17H2,1-2H3/b9-4+,12-10+,18-15+. The average Bonchev–Trinajstić information content (AvgIpc) is 2.39. The molecule has 4 N–H and O–H groups in total. The predicted octanol–water partition coefficient (Wildman–Crippen LogP) is 2.71. The first kappa shape index (κ1) is 15.0. The van der Waals surface area contributed by atoms with Gasteiger partial charge in [-0.3, -0.25) is 0 Å². The van der Waals surface area contributed by atoms with E-state index in [-0.39, 0.29) is 0 Å². The smallest absolute Gasteiger partial charge is 0.220 e. The third-order valence-corrected chi connectivity index (χ3v) is 2.28. The molecule has 0 atom stereocenters. The number of hydrogen-bond acceptors (Lipinski definition) is 4. The third kappa shape index (κ3) is 5.88. The summed E-state index contributed by atoms with van der Waals surface area (Å²) in [6.07, 6.45) is 6.27. The van der Waals surface area contributed by atoms with Gasteiger partial charge in [-0.05, 0) is 31.0 Å². The molecule has 4 nitrogen and oxygen atoms in total. The SMILES string of the molecule is CC/C=C/N=C(\C=C(/C)N)Oc1ccc(CN)cc1. The van der Waals surface area contributed by atoms with Crippen molar-refractivity contribution in [2.45, 2.75) is 26.8 Å². The molecular formula is C15H21N3O. The minimum atomic E-state index is 0.463. The second-order valence-corrected chi connectivity index (χ2v) is 4.10. The molecule has 1 aromatic rings. The normalized spacial score (nSPS) is 13.0. The van der Waals surface area contributed by atoms with Crippen molar-refractivity contribution in [3.8, 4) is 5.75 Å². The van der Waals surface area contributed by atoms with E-state index in [0.29, 0.717) is 23.9 Å². The summed E-state index contributed by atoms with van der Waals surface area (Å²) in [6, 6.07) is 7.57. The number of benzene rings is 1. The minimum absolute atomic E-state index is 0.463. The van der Waals surface area contributed by atoms with E-state index >= 15 is 0 Å². The molecule has 0 unspecified atom stereocenters. The second kappa shape index (κ2) is 8.11. The minimum Gasteiger partial charge on any atom is -0.439 e. The van der Waals surface area contributed by atoms with Gasteiger partial charge < -0.3 is 16.2 Å². The monoisotopic (exact) mass is 259 g/mol. The van der Waals surface area contributed by atoms with Crippen molar-refractivity contribution in [1.29, 1.82) is 0 Å². The van der Waals surface area contributed by atoms with Crippen LogP contribution in [-0.4, -0.2) is 5.90 Å². The second-order valence-electron chi connectivity index (χ2n) is 4.10. The van der Waals surface area contributed by atoms with Gasteiger partial charge in [0.05, 0.1) is 0 Å². The zero-order valence-corrected chi connectivity index (χ0v) is 11.5. The first-order chi connectivity index (χ1) is 9.15. The molecule has 0 radical (unpaired) electrons. The molecule has 0 saturated heterocycles. The molecule has 19 heavy (non-hydrogen) atoms. The van der Waals surface area contributed by atoms with Crippen LogP contribution in [0.4, 0.5) is 0 Å². The molecule has 0 spiro atoms. The zero-order chi connectivity index (χ0) is 14.1. The number of ether oxygens (including phenoxy) is 1. The highest BCUT2D eigenvalue weighted by Crippen LogP contribution is 2.13. The molecular weight excluding hydrogens is 238 g/mol. The Morgan fingerprint density at radius 1 is 1.32 bits per heavy atom. The molecule has 1 rings (SSSR count). The molecule has 0 aliphatic heterocycles. The number of nitrogens with zero attached hydrogens (tertiary/aromatic N) is 1. The Morgan fingerprint density at radius 2 is 2.00 bits per heavy atom. The molecule has 0 aromatic heterocycles. The van der Waals surface area contributed by atoms with Crippen LogP contribution in [0.25, 0.3) is 0 Å². The van der Waals surface area contributed by atoms with Crippen LogP contribution in [0.3, 0.4) is 0 Å². The van der Waals surface area contributed by atoms with Crippen molar-refractivity contribution in [3.05, 3.63) is 53.9 Å². The Kier molecular flexibility index (Phi) is 6.39. The van der Waals surface area contributed by atoms with Gasteiger partial charge in [0.15, 0.2) is 0 Å². The maximum Gasteiger partial charge on any atom is 0.220 e. The fourth-order valence-corrected chi connectivity index (χ4v) is 1.33. The molecule has 0 bridgehead atoms. The number of rotatable bonds is 5. The van der Waals surface area contributed by atoms with Crippen molar-refractivity contribution >= 4 is 5.90 Å². The third-order valence-electron chi connectivity index (χ3n) is 2.28. The van der Waals surface area contributed by atoms with E-state index in [2.05, 4.69) is 4.99 Å². The lowest BCUT2D eigenvalue weighted by Gasteiger charge is -2.06. The Bertz CT molecular complexity index is 469. The Morgan fingerprint density at radius 3 is 2.53 bits per heavy atom. The summed E-state index contributed by atoms with van der Waals surface area (Å²) in [5.74, 6) is 1.17. The Balaban J connectivity index is 2.84. The van der Waals surface area contributed by atoms with E-state index in [1.54, 1.807) is 19.2 Å². The summed E-state index contributed by atoms with van der Waals surface area (Å²) in [4.78, 5) is 4.22. The fourth-order valence-electron chi connectivity index (χ4n) is 1.33. The van der Waals surface area contributed by atoms with Gasteiger partial charge in [0.2, 0.25) is 5.90 Å². The number of allylic oxidation sites excluding steroid dienone is 2. The number of nitrogens with two attached hydrogens (primary N) is 2. The van der Waals surface area contributed by atoms with Crippen LogP contribution < -0.4 is 16.2 Å². The van der Waals surface area contributed by atoms with Crippen molar-refractivity contribution in [1.82, 2.24) is 0 Å². The molecule has 0 fully saturated rings. The van der Waals surface area contributed by atoms with Gasteiger partial charge in [-0.15, -0.1) is 0 Å². The molecule has 0 heterocycles. The summed E-state index contributed by atoms with van der Waals surface area (Å²) in [6.45, 7) is 4.35. The van der Waals surface area contributed by atoms with E-state index in [1.165, 1.54) is 0 Å². The Labute approximate surface area is 114 Å². The van der Waals surface area contributed by atoms with E-state index in [9.17, 15) is 0 Å². The quantitative estimate of drug-likeness (QED) is 0.630. The van der Waals surface area contributed by atoms with Crippen LogP contribution in [-0.2, 0) is 6.54 Å². The van der Waals surface area contributed by atoms with Gasteiger partial charge in [-0.1, -0.05) is 25.1 Å². The van der Waals surface area contributed by atoms with Gasteiger partial charge in [0.1, 0.15) is 5.75 Å². The summed E-state index contributed by atoms with van der Waals surface area (Å²) in [7, 11) is 0. The molecule has 0 amide bonds. The van der Waals surface area contributed by atoms with E-state index in [1.807, 2.05) is 37.3 Å². The van der Waals surface area contributed by atoms with Gasteiger partial charge in [0.25, 0.3) is 0 Å². The highest BCUT2D eigenvalue weighted by molar-refractivity contribution is 5.90. The molecule has 102 valence electrons. The van der Waals surface area contributed by atoms with Crippen LogP contribution in [0.1, 0.15) is 25.8 Å². The van der Waals surface area contributed by atoms with Crippen molar-refractivity contribution in [2.24, 2.45) is 16.5 Å². The van der Waals surface area contributed by atoms with E-state index < -0.39 is 0 Å². The first-order valence-electron chi connectivity index (χ1n) is 6.29. The van der Waals surface area contributed by atoms with Gasteiger partial charge in [0, 0.05) is 24.5 Å². The summed E-state index contributed by atoms with van der Waals surface area (Å²) in [5, 5.41) is 0. The highest BCUT2D eigenvalue weighted by Gasteiger charge is 1.99. The summed E-state index contributed by atoms with van der Waals surface area (Å²) < 4.78 is 5.67.